The Morgan fingerprint density at radius 2 is 1.52 bits per heavy atom. The molecule has 2 fully saturated rings. The zero-order valence-corrected chi connectivity index (χ0v) is 33.7. The average molecular weight is 824 g/mol. The van der Waals surface area contributed by atoms with E-state index in [1.807, 2.05) is 12.1 Å². The van der Waals surface area contributed by atoms with Gasteiger partial charge in [0, 0.05) is 35.8 Å². The van der Waals surface area contributed by atoms with Gasteiger partial charge in [0.1, 0.15) is 11.6 Å². The number of nitrogens with zero attached hydrogens (tertiary/aromatic N) is 5. The highest BCUT2D eigenvalue weighted by atomic mass is 35.5. The Morgan fingerprint density at radius 1 is 0.862 bits per heavy atom. The van der Waals surface area contributed by atoms with Crippen LogP contribution in [0.2, 0.25) is 5.02 Å². The van der Waals surface area contributed by atoms with E-state index < -0.39 is 51.5 Å². The molecule has 5 aromatic rings. The van der Waals surface area contributed by atoms with Gasteiger partial charge in [-0.15, -0.1) is 0 Å². The second-order valence-electron chi connectivity index (χ2n) is 15.8. The minimum Gasteiger partial charge on any atom is -0.444 e. The van der Waals surface area contributed by atoms with Crippen LogP contribution in [0.5, 0.6) is 0 Å². The van der Waals surface area contributed by atoms with Crippen molar-refractivity contribution < 1.29 is 32.3 Å². The lowest BCUT2D eigenvalue weighted by Gasteiger charge is -2.32. The smallest absolute Gasteiger partial charge is 0.411 e. The molecule has 0 unspecified atom stereocenters. The van der Waals surface area contributed by atoms with Crippen LogP contribution in [0.4, 0.5) is 10.7 Å². The highest BCUT2D eigenvalue weighted by Gasteiger charge is 2.49. The summed E-state index contributed by atoms with van der Waals surface area (Å²) < 4.78 is 34.4. The summed E-state index contributed by atoms with van der Waals surface area (Å²) in [5, 5.41) is 7.41. The number of carbonyl (C=O) groups is 4. The van der Waals surface area contributed by atoms with Gasteiger partial charge in [-0.05, 0) is 83.2 Å². The number of carbonyl (C=O) groups excluding carboxylic acids is 4. The predicted octanol–water partition coefficient (Wildman–Crippen LogP) is 6.50. The molecule has 1 saturated carbocycles. The van der Waals surface area contributed by atoms with E-state index in [1.165, 1.54) is 21.3 Å². The van der Waals surface area contributed by atoms with Crippen LogP contribution in [0.15, 0.2) is 96.2 Å². The summed E-state index contributed by atoms with van der Waals surface area (Å²) in [6.45, 7) is 5.15. The Bertz CT molecular complexity index is 2520. The summed E-state index contributed by atoms with van der Waals surface area (Å²) in [5.74, 6) is -1.02. The molecule has 2 N–H and O–H groups in total. The third kappa shape index (κ3) is 7.39. The van der Waals surface area contributed by atoms with E-state index in [-0.39, 0.29) is 40.9 Å². The number of nitrogens with one attached hydrogen (secondary N) is 2. The SMILES string of the molecule is CC(C)(C)OC(=O)N1C[C@@H](N2C(=O)c3ccccc3C2=O)C[C@H]1C(=O)N[C@H]1CCC[C@@H](Nc2ncc(Cl)c(-c3cn(S(=O)(=O)c4ccccc4)c4ccccc34)n2)C1. The first-order valence-corrected chi connectivity index (χ1v) is 21.0. The van der Waals surface area contributed by atoms with E-state index in [9.17, 15) is 27.6 Å². The molecule has 2 aliphatic heterocycles. The molecule has 0 spiro atoms. The number of amides is 4. The third-order valence-corrected chi connectivity index (χ3v) is 12.7. The Balaban J connectivity index is 0.990. The van der Waals surface area contributed by atoms with Crippen LogP contribution in [0.3, 0.4) is 0 Å². The van der Waals surface area contributed by atoms with E-state index >= 15 is 0 Å². The highest BCUT2D eigenvalue weighted by molar-refractivity contribution is 7.90. The average Bonchev–Trinajstić information content (AvgIpc) is 3.88. The number of ether oxygens (including phenoxy) is 1. The lowest BCUT2D eigenvalue weighted by Crippen LogP contribution is -2.51. The van der Waals surface area contributed by atoms with E-state index in [0.29, 0.717) is 46.1 Å². The maximum absolute atomic E-state index is 14.1. The summed E-state index contributed by atoms with van der Waals surface area (Å²) in [6, 6.07) is 19.8. The first-order valence-electron chi connectivity index (χ1n) is 19.2. The second kappa shape index (κ2) is 15.2. The molecule has 3 aromatic carbocycles. The van der Waals surface area contributed by atoms with Gasteiger partial charge in [0.2, 0.25) is 11.9 Å². The first kappa shape index (κ1) is 39.0. The van der Waals surface area contributed by atoms with E-state index in [1.54, 1.807) is 87.5 Å². The number of likely N-dealkylation sites (tertiary alicyclic amines) is 1. The Hall–Kier alpha value is -5.80. The summed E-state index contributed by atoms with van der Waals surface area (Å²) >= 11 is 6.68. The van der Waals surface area contributed by atoms with Gasteiger partial charge in [-0.25, -0.2) is 27.2 Å². The highest BCUT2D eigenvalue weighted by Crippen LogP contribution is 2.37. The fourth-order valence-corrected chi connectivity index (χ4v) is 9.70. The second-order valence-corrected chi connectivity index (χ2v) is 18.1. The number of rotatable bonds is 8. The van der Waals surface area contributed by atoms with E-state index in [2.05, 4.69) is 15.6 Å². The molecule has 1 aliphatic carbocycles. The molecule has 0 bridgehead atoms. The maximum atomic E-state index is 14.1. The lowest BCUT2D eigenvalue weighted by atomic mass is 9.90. The molecule has 4 heterocycles. The first-order chi connectivity index (χ1) is 27.7. The molecule has 4 amide bonds. The molecule has 3 aliphatic rings. The number of anilines is 1. The van der Waals surface area contributed by atoms with Gasteiger partial charge in [-0.2, -0.15) is 0 Å². The zero-order valence-electron chi connectivity index (χ0n) is 32.1. The molecule has 4 atom stereocenters. The Labute approximate surface area is 340 Å². The zero-order chi connectivity index (χ0) is 40.9. The van der Waals surface area contributed by atoms with Gasteiger partial charge in [0.25, 0.3) is 21.8 Å². The fraction of sp³-hybridized carbons (Fsp3) is 0.333. The monoisotopic (exact) mass is 823 g/mol. The molecule has 2 aromatic heterocycles. The molecule has 8 rings (SSSR count). The fourth-order valence-electron chi connectivity index (χ4n) is 8.11. The maximum Gasteiger partial charge on any atom is 0.411 e. The summed E-state index contributed by atoms with van der Waals surface area (Å²) in [6.07, 6.45) is 5.10. The number of benzene rings is 3. The molecular weight excluding hydrogens is 782 g/mol. The van der Waals surface area contributed by atoms with E-state index in [4.69, 9.17) is 21.3 Å². The number of imide groups is 1. The largest absolute Gasteiger partial charge is 0.444 e. The quantitative estimate of drug-likeness (QED) is 0.165. The van der Waals surface area contributed by atoms with Crippen molar-refractivity contribution in [1.82, 2.24) is 29.1 Å². The van der Waals surface area contributed by atoms with Crippen molar-refractivity contribution in [2.24, 2.45) is 0 Å². The third-order valence-electron chi connectivity index (χ3n) is 10.7. The number of fused-ring (bicyclic) bond motifs is 2. The van der Waals surface area contributed by atoms with Gasteiger partial charge in [0.05, 0.1) is 44.5 Å². The topological polar surface area (TPSA) is 173 Å². The van der Waals surface area contributed by atoms with E-state index in [0.717, 1.165) is 17.7 Å². The van der Waals surface area contributed by atoms with Crippen molar-refractivity contribution in [2.75, 3.05) is 11.9 Å². The standard InChI is InChI=1S/C42H42ClN7O7S/c1-42(2,3)57-41(54)48-23-27(50-38(52)30-17-7-8-18-31(30)39(50)53)21-35(48)37(51)45-25-12-11-13-26(20-25)46-40-44-22-33(43)36(47-40)32-24-49(34-19-10-9-16-29(32)34)58(55,56)28-14-5-4-6-15-28/h4-10,14-19,22,24-27,35H,11-13,20-21,23H2,1-3H3,(H,45,51)(H,44,46,47)/t25-,26+,27-,35-/m0/s1. The summed E-state index contributed by atoms with van der Waals surface area (Å²) in [5.41, 5.74) is 1.10. The van der Waals surface area contributed by atoms with Gasteiger partial charge < -0.3 is 15.4 Å². The minimum atomic E-state index is -3.94. The van der Waals surface area contributed by atoms with Crippen molar-refractivity contribution in [1.29, 1.82) is 0 Å². The molecule has 58 heavy (non-hydrogen) atoms. The number of aromatic nitrogens is 3. The molecule has 0 radical (unpaired) electrons. The summed E-state index contributed by atoms with van der Waals surface area (Å²) in [4.78, 5) is 66.1. The van der Waals surface area contributed by atoms with Gasteiger partial charge in [0.15, 0.2) is 0 Å². The van der Waals surface area contributed by atoms with Crippen LogP contribution in [0, 0.1) is 0 Å². The van der Waals surface area contributed by atoms with Crippen LogP contribution in [-0.4, -0.2) is 92.3 Å². The van der Waals surface area contributed by atoms with Crippen LogP contribution in [0.25, 0.3) is 22.2 Å². The molecule has 16 heteroatoms. The van der Waals surface area contributed by atoms with Crippen molar-refractivity contribution >= 4 is 62.3 Å². The van der Waals surface area contributed by atoms with Crippen molar-refractivity contribution in [3.63, 3.8) is 0 Å². The number of para-hydroxylation sites is 1. The predicted molar refractivity (Wildman–Crippen MR) is 217 cm³/mol. The van der Waals surface area contributed by atoms with Crippen molar-refractivity contribution in [3.05, 3.63) is 107 Å². The van der Waals surface area contributed by atoms with Crippen LogP contribution in [-0.2, 0) is 19.6 Å². The van der Waals surface area contributed by atoms with Crippen LogP contribution < -0.4 is 10.6 Å². The molecule has 300 valence electrons. The minimum absolute atomic E-state index is 0.0413. The Kier molecular flexibility index (Phi) is 10.2. The molecule has 14 nitrogen and oxygen atoms in total. The normalized spacial score (nSPS) is 21.0. The Morgan fingerprint density at radius 3 is 2.22 bits per heavy atom. The van der Waals surface area contributed by atoms with Crippen LogP contribution >= 0.6 is 11.6 Å². The summed E-state index contributed by atoms with van der Waals surface area (Å²) in [7, 11) is -3.94. The number of hydrogen-bond donors (Lipinski definition) is 2. The van der Waals surface area contributed by atoms with Gasteiger partial charge >= 0.3 is 6.09 Å². The lowest BCUT2D eigenvalue weighted by molar-refractivity contribution is -0.126. The van der Waals surface area contributed by atoms with Crippen LogP contribution in [0.1, 0.15) is 73.6 Å². The molecular formula is C42H42ClN7O7S. The van der Waals surface area contributed by atoms with Crippen molar-refractivity contribution in [3.8, 4) is 11.3 Å². The number of halogens is 1. The molecule has 1 saturated heterocycles. The van der Waals surface area contributed by atoms with Gasteiger partial charge in [-0.1, -0.05) is 60.1 Å². The van der Waals surface area contributed by atoms with Crippen molar-refractivity contribution in [2.45, 2.75) is 87.5 Å². The number of hydrogen-bond acceptors (Lipinski definition) is 10. The van der Waals surface area contributed by atoms with Gasteiger partial charge in [-0.3, -0.25) is 24.2 Å².